The lowest BCUT2D eigenvalue weighted by molar-refractivity contribution is -0.159. The van der Waals surface area contributed by atoms with Crippen LogP contribution in [0.2, 0.25) is 0 Å². The summed E-state index contributed by atoms with van der Waals surface area (Å²) >= 11 is 0. The number of aliphatic hydroxyl groups is 1. The second kappa shape index (κ2) is 14.1. The van der Waals surface area contributed by atoms with Crippen LogP contribution in [-0.2, 0) is 35.2 Å². The van der Waals surface area contributed by atoms with Gasteiger partial charge in [0.25, 0.3) is 0 Å². The van der Waals surface area contributed by atoms with Gasteiger partial charge in [0, 0.05) is 32.7 Å². The Labute approximate surface area is 247 Å². The van der Waals surface area contributed by atoms with Gasteiger partial charge in [0.15, 0.2) is 0 Å². The van der Waals surface area contributed by atoms with E-state index in [2.05, 4.69) is 18.5 Å². The van der Waals surface area contributed by atoms with E-state index in [9.17, 15) is 24.3 Å². The molecule has 1 aromatic carbocycles. The average Bonchev–Trinajstić information content (AvgIpc) is 3.62. The lowest BCUT2D eigenvalue weighted by Crippen LogP contribution is -2.56. The fourth-order valence-electron chi connectivity index (χ4n) is 6.60. The third-order valence-electron chi connectivity index (χ3n) is 8.47. The number of allylic oxidation sites excluding steroid dienone is 1. The maximum absolute atomic E-state index is 14.3. The van der Waals surface area contributed by atoms with Crippen molar-refractivity contribution in [2.75, 3.05) is 26.2 Å². The molecule has 0 aromatic heterocycles. The largest absolute Gasteiger partial charge is 0.460 e. The molecule has 0 radical (unpaired) electrons. The number of unbranched alkanes of at least 4 members (excludes halogenated alkanes) is 1. The highest BCUT2D eigenvalue weighted by atomic mass is 16.6. The van der Waals surface area contributed by atoms with Crippen molar-refractivity contribution < 1.29 is 33.8 Å². The number of ether oxygens (including phenoxy) is 2. The summed E-state index contributed by atoms with van der Waals surface area (Å²) in [4.78, 5) is 57.1. The van der Waals surface area contributed by atoms with Crippen molar-refractivity contribution in [1.82, 2.24) is 15.1 Å². The maximum atomic E-state index is 14.3. The molecule has 3 heterocycles. The number of esters is 1. The van der Waals surface area contributed by atoms with Crippen LogP contribution in [0.4, 0.5) is 0 Å². The van der Waals surface area contributed by atoms with Crippen LogP contribution in [0.25, 0.3) is 0 Å². The van der Waals surface area contributed by atoms with E-state index >= 15 is 0 Å². The molecule has 3 aliphatic heterocycles. The second-order valence-electron chi connectivity index (χ2n) is 11.4. The van der Waals surface area contributed by atoms with Crippen molar-refractivity contribution >= 4 is 23.7 Å². The number of benzene rings is 1. The number of fused-ring (bicyclic) bond motifs is 1. The summed E-state index contributed by atoms with van der Waals surface area (Å²) in [6, 6.07) is 8.71. The molecule has 2 N–H and O–H groups in total. The van der Waals surface area contributed by atoms with Gasteiger partial charge in [-0.25, -0.2) is 0 Å². The summed E-state index contributed by atoms with van der Waals surface area (Å²) in [6.07, 6.45) is 5.04. The van der Waals surface area contributed by atoms with E-state index in [-0.39, 0.29) is 44.0 Å². The third-order valence-corrected chi connectivity index (χ3v) is 8.47. The van der Waals surface area contributed by atoms with Gasteiger partial charge in [-0.1, -0.05) is 42.5 Å². The molecular formula is C32H43N3O7. The van der Waals surface area contributed by atoms with Crippen LogP contribution in [0.1, 0.15) is 51.0 Å². The number of carbonyl (C=O) groups is 4. The van der Waals surface area contributed by atoms with Crippen molar-refractivity contribution in [3.8, 4) is 0 Å². The quantitative estimate of drug-likeness (QED) is 0.174. The molecular weight excluding hydrogens is 538 g/mol. The van der Waals surface area contributed by atoms with Crippen LogP contribution in [0.15, 0.2) is 55.6 Å². The van der Waals surface area contributed by atoms with Crippen LogP contribution in [-0.4, -0.2) is 88.7 Å². The number of aliphatic hydroxyl groups excluding tert-OH is 1. The van der Waals surface area contributed by atoms with Gasteiger partial charge >= 0.3 is 5.97 Å². The van der Waals surface area contributed by atoms with E-state index in [0.29, 0.717) is 45.1 Å². The van der Waals surface area contributed by atoms with E-state index in [1.807, 2.05) is 30.3 Å². The minimum absolute atomic E-state index is 0.0264. The highest BCUT2D eigenvalue weighted by Gasteiger charge is 2.75. The van der Waals surface area contributed by atoms with Crippen LogP contribution >= 0.6 is 0 Å². The average molecular weight is 582 g/mol. The Morgan fingerprint density at radius 1 is 1.24 bits per heavy atom. The molecule has 10 nitrogen and oxygen atoms in total. The molecule has 10 heteroatoms. The smallest absolute Gasteiger partial charge is 0.312 e. The first-order chi connectivity index (χ1) is 20.3. The number of nitrogens with zero attached hydrogens (tertiary/aromatic N) is 2. The van der Waals surface area contributed by atoms with Crippen molar-refractivity contribution in [2.45, 2.75) is 75.8 Å². The van der Waals surface area contributed by atoms with Crippen molar-refractivity contribution in [2.24, 2.45) is 11.8 Å². The highest BCUT2D eigenvalue weighted by Crippen LogP contribution is 2.59. The number of likely N-dealkylation sites (tertiary alicyclic amines) is 1. The van der Waals surface area contributed by atoms with E-state index in [1.54, 1.807) is 28.9 Å². The van der Waals surface area contributed by atoms with Gasteiger partial charge < -0.3 is 29.7 Å². The SMILES string of the molecule is C=CCCC(=O)NC[C@H](C)OC(=O)[C@@H]1[C@H]2C(=O)N(CCCCO)[C@H](C(=O)N(CC=C)Cc3ccccc3)[C@]23CC[C@H]1O3. The minimum atomic E-state index is -1.14. The lowest BCUT2D eigenvalue weighted by atomic mass is 9.70. The minimum Gasteiger partial charge on any atom is -0.460 e. The van der Waals surface area contributed by atoms with Gasteiger partial charge in [0.05, 0.1) is 24.5 Å². The van der Waals surface area contributed by atoms with E-state index in [1.165, 1.54) is 0 Å². The predicted octanol–water partition coefficient (Wildman–Crippen LogP) is 2.36. The molecule has 0 unspecified atom stereocenters. The fourth-order valence-corrected chi connectivity index (χ4v) is 6.60. The van der Waals surface area contributed by atoms with Gasteiger partial charge in [-0.05, 0) is 44.6 Å². The van der Waals surface area contributed by atoms with Crippen LogP contribution in [0.3, 0.4) is 0 Å². The Morgan fingerprint density at radius 3 is 2.69 bits per heavy atom. The maximum Gasteiger partial charge on any atom is 0.312 e. The van der Waals surface area contributed by atoms with Crippen molar-refractivity contribution in [3.63, 3.8) is 0 Å². The zero-order chi connectivity index (χ0) is 30.3. The molecule has 42 heavy (non-hydrogen) atoms. The monoisotopic (exact) mass is 581 g/mol. The van der Waals surface area contributed by atoms with Crippen molar-refractivity contribution in [1.29, 1.82) is 0 Å². The Morgan fingerprint density at radius 2 is 2.00 bits per heavy atom. The Kier molecular flexibility index (Phi) is 10.6. The predicted molar refractivity (Wildman–Crippen MR) is 156 cm³/mol. The molecule has 6 atom stereocenters. The molecule has 3 aliphatic rings. The standard InChI is InChI=1S/C32H43N3O7/c1-4-6-14-25(37)33-20-22(3)41-31(40)26-24-15-16-32(42-24)27(26)29(38)35(18-10-11-19-36)28(32)30(39)34(17-5-2)21-23-12-8-7-9-13-23/h4-5,7-9,12-13,22,24,26-28,36H,1-2,6,10-11,14-21H2,3H3,(H,33,37)/t22-,24+,26-,27-,28+,32-/m0/s1. The Hall–Kier alpha value is -3.50. The summed E-state index contributed by atoms with van der Waals surface area (Å²) in [5, 5.41) is 12.1. The van der Waals surface area contributed by atoms with Crippen LogP contribution < -0.4 is 5.32 Å². The first-order valence-electron chi connectivity index (χ1n) is 14.9. The zero-order valence-corrected chi connectivity index (χ0v) is 24.4. The molecule has 0 aliphatic carbocycles. The number of amides is 3. The highest BCUT2D eigenvalue weighted by molar-refractivity contribution is 5.98. The molecule has 228 valence electrons. The topological polar surface area (TPSA) is 125 Å². The van der Waals surface area contributed by atoms with Gasteiger partial charge in [0.2, 0.25) is 17.7 Å². The number of hydrogen-bond acceptors (Lipinski definition) is 7. The summed E-state index contributed by atoms with van der Waals surface area (Å²) in [6.45, 7) is 10.2. The van der Waals surface area contributed by atoms with E-state index < -0.39 is 41.7 Å². The lowest BCUT2D eigenvalue weighted by Gasteiger charge is -2.37. The molecule has 0 saturated carbocycles. The van der Waals surface area contributed by atoms with Crippen LogP contribution in [0.5, 0.6) is 0 Å². The summed E-state index contributed by atoms with van der Waals surface area (Å²) in [5.41, 5.74) is -0.193. The normalized spacial score (nSPS) is 26.4. The number of hydrogen-bond donors (Lipinski definition) is 2. The first-order valence-corrected chi connectivity index (χ1v) is 14.9. The summed E-state index contributed by atoms with van der Waals surface area (Å²) in [7, 11) is 0. The molecule has 4 rings (SSSR count). The third kappa shape index (κ3) is 6.44. The van der Waals surface area contributed by atoms with Gasteiger partial charge in [-0.15, -0.1) is 13.2 Å². The zero-order valence-electron chi connectivity index (χ0n) is 24.4. The Bertz CT molecular complexity index is 1160. The fraction of sp³-hybridized carbons (Fsp3) is 0.562. The number of nitrogens with one attached hydrogen (secondary N) is 1. The molecule has 2 bridgehead atoms. The molecule has 3 saturated heterocycles. The number of carbonyl (C=O) groups excluding carboxylic acids is 4. The van der Waals surface area contributed by atoms with Gasteiger partial charge in [0.1, 0.15) is 17.7 Å². The summed E-state index contributed by atoms with van der Waals surface area (Å²) < 4.78 is 12.2. The first kappa shape index (κ1) is 31.4. The number of rotatable bonds is 16. The Balaban J connectivity index is 1.56. The van der Waals surface area contributed by atoms with Crippen molar-refractivity contribution in [3.05, 3.63) is 61.2 Å². The molecule has 1 spiro atoms. The van der Waals surface area contributed by atoms with Crippen LogP contribution in [0, 0.1) is 11.8 Å². The van der Waals surface area contributed by atoms with Gasteiger partial charge in [-0.3, -0.25) is 19.2 Å². The second-order valence-corrected chi connectivity index (χ2v) is 11.4. The summed E-state index contributed by atoms with van der Waals surface area (Å²) in [5.74, 6) is -2.94. The van der Waals surface area contributed by atoms with E-state index in [0.717, 1.165) is 5.56 Å². The van der Waals surface area contributed by atoms with Gasteiger partial charge in [-0.2, -0.15) is 0 Å². The molecule has 1 aromatic rings. The molecule has 3 amide bonds. The molecule has 3 fully saturated rings. The van der Waals surface area contributed by atoms with E-state index in [4.69, 9.17) is 9.47 Å².